The van der Waals surface area contributed by atoms with E-state index in [4.69, 9.17) is 0 Å². The van der Waals surface area contributed by atoms with Gasteiger partial charge in [0.25, 0.3) is 5.56 Å². The summed E-state index contributed by atoms with van der Waals surface area (Å²) in [7, 11) is 0. The van der Waals surface area contributed by atoms with Crippen LogP contribution in [0.2, 0.25) is 0 Å². The van der Waals surface area contributed by atoms with Gasteiger partial charge in [0.15, 0.2) is 0 Å². The lowest BCUT2D eigenvalue weighted by Crippen LogP contribution is -2.34. The van der Waals surface area contributed by atoms with Gasteiger partial charge in [-0.25, -0.2) is 4.68 Å². The molecular weight excluding hydrogens is 290 g/mol. The van der Waals surface area contributed by atoms with Crippen molar-refractivity contribution in [2.45, 2.75) is 38.6 Å². The van der Waals surface area contributed by atoms with Crippen LogP contribution in [0.1, 0.15) is 32.1 Å². The number of nitrogens with one attached hydrogen (secondary N) is 1. The number of allylic oxidation sites excluding steroid dienone is 1. The second-order valence-electron chi connectivity index (χ2n) is 5.90. The SMILES string of the molecule is O=C(Cn1ncc2ccccc2c1=O)NCCC1=CCCCC1. The van der Waals surface area contributed by atoms with Gasteiger partial charge in [0.05, 0.1) is 11.6 Å². The van der Waals surface area contributed by atoms with Gasteiger partial charge in [-0.3, -0.25) is 9.59 Å². The quantitative estimate of drug-likeness (QED) is 0.862. The van der Waals surface area contributed by atoms with E-state index in [2.05, 4.69) is 16.5 Å². The molecule has 1 N–H and O–H groups in total. The van der Waals surface area contributed by atoms with Crippen LogP contribution < -0.4 is 10.9 Å². The van der Waals surface area contributed by atoms with Crippen LogP contribution >= 0.6 is 0 Å². The average Bonchev–Trinajstić information content (AvgIpc) is 2.59. The maximum atomic E-state index is 12.3. The third-order valence-corrected chi connectivity index (χ3v) is 4.21. The number of nitrogens with zero attached hydrogens (tertiary/aromatic N) is 2. The fraction of sp³-hybridized carbons (Fsp3) is 0.389. The Bertz CT molecular complexity index is 792. The van der Waals surface area contributed by atoms with Crippen LogP contribution in [0.5, 0.6) is 0 Å². The Balaban J connectivity index is 1.58. The molecule has 0 bridgehead atoms. The molecule has 23 heavy (non-hydrogen) atoms. The summed E-state index contributed by atoms with van der Waals surface area (Å²) in [5.41, 5.74) is 1.20. The Morgan fingerprint density at radius 1 is 1.26 bits per heavy atom. The second-order valence-corrected chi connectivity index (χ2v) is 5.90. The van der Waals surface area contributed by atoms with Gasteiger partial charge in [0, 0.05) is 11.9 Å². The summed E-state index contributed by atoms with van der Waals surface area (Å²) >= 11 is 0. The van der Waals surface area contributed by atoms with Gasteiger partial charge in [-0.15, -0.1) is 0 Å². The number of hydrogen-bond donors (Lipinski definition) is 1. The Labute approximate surface area is 135 Å². The van der Waals surface area contributed by atoms with Crippen molar-refractivity contribution in [2.24, 2.45) is 0 Å². The van der Waals surface area contributed by atoms with E-state index in [9.17, 15) is 9.59 Å². The number of amides is 1. The first-order valence-corrected chi connectivity index (χ1v) is 8.13. The van der Waals surface area contributed by atoms with E-state index in [1.165, 1.54) is 23.1 Å². The van der Waals surface area contributed by atoms with Crippen LogP contribution in [0, 0.1) is 0 Å². The predicted molar refractivity (Wildman–Crippen MR) is 90.2 cm³/mol. The number of carbonyl (C=O) groups is 1. The molecule has 0 saturated heterocycles. The Morgan fingerprint density at radius 3 is 2.96 bits per heavy atom. The molecule has 120 valence electrons. The molecule has 1 aliphatic carbocycles. The highest BCUT2D eigenvalue weighted by atomic mass is 16.2. The third kappa shape index (κ3) is 3.86. The van der Waals surface area contributed by atoms with Crippen molar-refractivity contribution in [1.82, 2.24) is 15.1 Å². The van der Waals surface area contributed by atoms with Crippen LogP contribution in [-0.4, -0.2) is 22.2 Å². The summed E-state index contributed by atoms with van der Waals surface area (Å²) in [6.45, 7) is 0.579. The van der Waals surface area contributed by atoms with Crippen LogP contribution in [0.4, 0.5) is 0 Å². The minimum atomic E-state index is -0.228. The second kappa shape index (κ2) is 7.22. The molecule has 1 aliphatic rings. The summed E-state index contributed by atoms with van der Waals surface area (Å²) in [5.74, 6) is -0.175. The molecule has 5 heteroatoms. The Morgan fingerprint density at radius 2 is 2.13 bits per heavy atom. The zero-order valence-electron chi connectivity index (χ0n) is 13.1. The zero-order chi connectivity index (χ0) is 16.1. The molecule has 1 aromatic carbocycles. The molecule has 2 aromatic rings. The van der Waals surface area contributed by atoms with E-state index in [1.54, 1.807) is 12.3 Å². The van der Waals surface area contributed by atoms with Crippen molar-refractivity contribution < 1.29 is 4.79 Å². The normalized spacial score (nSPS) is 14.5. The molecule has 0 fully saturated rings. The zero-order valence-corrected chi connectivity index (χ0v) is 13.1. The number of fused-ring (bicyclic) bond motifs is 1. The lowest BCUT2D eigenvalue weighted by Gasteiger charge is -2.13. The van der Waals surface area contributed by atoms with Crippen LogP contribution in [0.15, 0.2) is 46.9 Å². The lowest BCUT2D eigenvalue weighted by atomic mass is 9.97. The van der Waals surface area contributed by atoms with E-state index in [-0.39, 0.29) is 18.0 Å². The lowest BCUT2D eigenvalue weighted by molar-refractivity contribution is -0.121. The standard InChI is InChI=1S/C18H21N3O2/c22-17(19-11-10-14-6-2-1-3-7-14)13-21-18(23)16-9-5-4-8-15(16)12-20-21/h4-6,8-9,12H,1-3,7,10-11,13H2,(H,19,22). The monoisotopic (exact) mass is 311 g/mol. The van der Waals surface area contributed by atoms with E-state index in [1.807, 2.05) is 18.2 Å². The van der Waals surface area contributed by atoms with E-state index in [0.717, 1.165) is 24.6 Å². The minimum Gasteiger partial charge on any atom is -0.354 e. The molecule has 0 radical (unpaired) electrons. The van der Waals surface area contributed by atoms with Gasteiger partial charge < -0.3 is 5.32 Å². The van der Waals surface area contributed by atoms with Crippen molar-refractivity contribution in [3.63, 3.8) is 0 Å². The number of carbonyl (C=O) groups excluding carboxylic acids is 1. The molecule has 0 aliphatic heterocycles. The third-order valence-electron chi connectivity index (χ3n) is 4.21. The van der Waals surface area contributed by atoms with E-state index < -0.39 is 0 Å². The highest BCUT2D eigenvalue weighted by Gasteiger charge is 2.09. The van der Waals surface area contributed by atoms with Crippen molar-refractivity contribution in [3.05, 3.63) is 52.5 Å². The fourth-order valence-electron chi connectivity index (χ4n) is 2.93. The van der Waals surface area contributed by atoms with Crippen molar-refractivity contribution in [3.8, 4) is 0 Å². The van der Waals surface area contributed by atoms with Gasteiger partial charge in [0.1, 0.15) is 6.54 Å². The molecule has 5 nitrogen and oxygen atoms in total. The van der Waals surface area contributed by atoms with Gasteiger partial charge in [-0.2, -0.15) is 5.10 Å². The molecule has 3 rings (SSSR count). The number of benzene rings is 1. The molecule has 0 saturated carbocycles. The topological polar surface area (TPSA) is 64.0 Å². The predicted octanol–water partition coefficient (Wildman–Crippen LogP) is 2.40. The van der Waals surface area contributed by atoms with Gasteiger partial charge in [0.2, 0.25) is 5.91 Å². The average molecular weight is 311 g/mol. The molecule has 0 spiro atoms. The largest absolute Gasteiger partial charge is 0.354 e. The Hall–Kier alpha value is -2.43. The van der Waals surface area contributed by atoms with Crippen molar-refractivity contribution >= 4 is 16.7 Å². The summed E-state index contributed by atoms with van der Waals surface area (Å²) in [5, 5.41) is 8.33. The molecule has 0 atom stereocenters. The van der Waals surface area contributed by atoms with Gasteiger partial charge in [-0.1, -0.05) is 29.8 Å². The fourth-order valence-corrected chi connectivity index (χ4v) is 2.93. The van der Waals surface area contributed by atoms with E-state index in [0.29, 0.717) is 11.9 Å². The molecular formula is C18H21N3O2. The van der Waals surface area contributed by atoms with Crippen molar-refractivity contribution in [1.29, 1.82) is 0 Å². The van der Waals surface area contributed by atoms with Crippen molar-refractivity contribution in [2.75, 3.05) is 6.54 Å². The smallest absolute Gasteiger partial charge is 0.275 e. The number of hydrogen-bond acceptors (Lipinski definition) is 3. The van der Waals surface area contributed by atoms with Crippen LogP contribution in [-0.2, 0) is 11.3 Å². The highest BCUT2D eigenvalue weighted by molar-refractivity contribution is 5.81. The molecule has 1 amide bonds. The molecule has 1 heterocycles. The number of rotatable bonds is 5. The minimum absolute atomic E-state index is 0.0390. The summed E-state index contributed by atoms with van der Waals surface area (Å²) in [6, 6.07) is 7.27. The first-order chi connectivity index (χ1) is 11.2. The van der Waals surface area contributed by atoms with Gasteiger partial charge >= 0.3 is 0 Å². The van der Waals surface area contributed by atoms with E-state index >= 15 is 0 Å². The summed E-state index contributed by atoms with van der Waals surface area (Å²) in [4.78, 5) is 24.3. The summed E-state index contributed by atoms with van der Waals surface area (Å²) < 4.78 is 1.22. The maximum absolute atomic E-state index is 12.3. The van der Waals surface area contributed by atoms with Crippen LogP contribution in [0.3, 0.4) is 0 Å². The van der Waals surface area contributed by atoms with Gasteiger partial charge in [-0.05, 0) is 38.2 Å². The molecule has 0 unspecified atom stereocenters. The first kappa shape index (κ1) is 15.5. The highest BCUT2D eigenvalue weighted by Crippen LogP contribution is 2.19. The maximum Gasteiger partial charge on any atom is 0.275 e. The summed E-state index contributed by atoms with van der Waals surface area (Å²) in [6.07, 6.45) is 9.61. The molecule has 1 aromatic heterocycles. The number of aromatic nitrogens is 2. The Kier molecular flexibility index (Phi) is 4.86. The van der Waals surface area contributed by atoms with Crippen LogP contribution in [0.25, 0.3) is 10.8 Å². The first-order valence-electron chi connectivity index (χ1n) is 8.13.